The van der Waals surface area contributed by atoms with Gasteiger partial charge in [-0.15, -0.1) is 0 Å². The molecule has 0 aliphatic rings. The van der Waals surface area contributed by atoms with Gasteiger partial charge in [-0.2, -0.15) is 0 Å². The lowest BCUT2D eigenvalue weighted by molar-refractivity contribution is 0.387. The summed E-state index contributed by atoms with van der Waals surface area (Å²) in [7, 11) is -3.69. The molecule has 0 unspecified atom stereocenters. The molecule has 0 radical (unpaired) electrons. The average Bonchev–Trinajstić information content (AvgIpc) is 2.30. The van der Waals surface area contributed by atoms with Gasteiger partial charge in [-0.05, 0) is 24.3 Å². The van der Waals surface area contributed by atoms with E-state index in [0.29, 0.717) is 11.5 Å². The van der Waals surface area contributed by atoms with E-state index in [9.17, 15) is 4.57 Å². The maximum absolute atomic E-state index is 11.8. The highest BCUT2D eigenvalue weighted by atomic mass is 31.2. The lowest BCUT2D eigenvalue weighted by Gasteiger charge is -2.14. The zero-order valence-electron chi connectivity index (χ0n) is 8.76. The van der Waals surface area contributed by atoms with Crippen LogP contribution >= 0.6 is 7.75 Å². The van der Waals surface area contributed by atoms with Crippen molar-refractivity contribution in [1.29, 1.82) is 0 Å². The lowest BCUT2D eigenvalue weighted by Crippen LogP contribution is -2.09. The molecule has 0 atom stereocenters. The summed E-state index contributed by atoms with van der Waals surface area (Å²) < 4.78 is 22.0. The topological polar surface area (TPSA) is 87.3 Å². The Bertz CT molecular complexity index is 475. The number of hydrogen-bond acceptors (Lipinski definition) is 5. The van der Waals surface area contributed by atoms with E-state index in [4.69, 9.17) is 14.6 Å². The molecule has 2 N–H and O–H groups in total. The monoisotopic (exact) mass is 251 g/mol. The molecule has 0 aromatic carbocycles. The molecule has 0 saturated carbocycles. The van der Waals surface area contributed by atoms with Crippen LogP contribution in [0.3, 0.4) is 0 Å². The molecule has 0 fully saturated rings. The second-order valence-corrected chi connectivity index (χ2v) is 4.53. The third-order valence-corrected chi connectivity index (χ3v) is 2.70. The van der Waals surface area contributed by atoms with Gasteiger partial charge in [-0.25, -0.2) is 10.1 Å². The van der Waals surface area contributed by atoms with E-state index in [0.717, 1.165) is 0 Å². The molecule has 0 bridgehead atoms. The van der Waals surface area contributed by atoms with Gasteiger partial charge in [0.05, 0.1) is 0 Å². The summed E-state index contributed by atoms with van der Waals surface area (Å²) in [5.41, 5.74) is 5.45. The lowest BCUT2D eigenvalue weighted by atomic mass is 10.5. The SMILES string of the molecule is NP(=O)(Oc1ccncc1)Oc1ccncc1. The van der Waals surface area contributed by atoms with Crippen molar-refractivity contribution in [3.63, 3.8) is 0 Å². The Morgan fingerprint density at radius 2 is 1.24 bits per heavy atom. The molecule has 7 heteroatoms. The number of pyridine rings is 2. The minimum Gasteiger partial charge on any atom is -0.405 e. The molecule has 0 amide bonds. The Labute approximate surface area is 98.0 Å². The van der Waals surface area contributed by atoms with Crippen molar-refractivity contribution >= 4 is 7.75 Å². The van der Waals surface area contributed by atoms with Gasteiger partial charge in [0.1, 0.15) is 11.5 Å². The molecular formula is C10H10N3O3P. The van der Waals surface area contributed by atoms with Crippen molar-refractivity contribution in [2.45, 2.75) is 0 Å². The molecule has 6 nitrogen and oxygen atoms in total. The van der Waals surface area contributed by atoms with Crippen molar-refractivity contribution in [1.82, 2.24) is 9.97 Å². The molecule has 88 valence electrons. The maximum Gasteiger partial charge on any atom is 0.510 e. The second-order valence-electron chi connectivity index (χ2n) is 3.09. The Kier molecular flexibility index (Phi) is 3.37. The molecular weight excluding hydrogens is 241 g/mol. The van der Waals surface area contributed by atoms with Crippen molar-refractivity contribution in [2.24, 2.45) is 5.50 Å². The summed E-state index contributed by atoms with van der Waals surface area (Å²) in [4.78, 5) is 7.60. The zero-order valence-corrected chi connectivity index (χ0v) is 9.66. The molecule has 2 aromatic heterocycles. The minimum absolute atomic E-state index is 0.333. The van der Waals surface area contributed by atoms with Crippen LogP contribution in [0.2, 0.25) is 0 Å². The predicted molar refractivity (Wildman–Crippen MR) is 61.5 cm³/mol. The van der Waals surface area contributed by atoms with Gasteiger partial charge in [0.25, 0.3) is 0 Å². The summed E-state index contributed by atoms with van der Waals surface area (Å²) >= 11 is 0. The van der Waals surface area contributed by atoms with Crippen molar-refractivity contribution in [3.05, 3.63) is 49.1 Å². The third-order valence-electron chi connectivity index (χ3n) is 1.76. The van der Waals surface area contributed by atoms with Gasteiger partial charge in [0.2, 0.25) is 0 Å². The fourth-order valence-electron chi connectivity index (χ4n) is 1.11. The molecule has 0 spiro atoms. The van der Waals surface area contributed by atoms with E-state index in [1.165, 1.54) is 49.1 Å². The molecule has 0 aliphatic carbocycles. The number of rotatable bonds is 4. The van der Waals surface area contributed by atoms with Crippen LogP contribution in [0, 0.1) is 0 Å². The zero-order chi connectivity index (χ0) is 12.1. The largest absolute Gasteiger partial charge is 0.510 e. The van der Waals surface area contributed by atoms with Crippen LogP contribution in [0.15, 0.2) is 49.1 Å². The van der Waals surface area contributed by atoms with Gasteiger partial charge in [-0.1, -0.05) is 0 Å². The molecule has 0 aliphatic heterocycles. The van der Waals surface area contributed by atoms with Crippen LogP contribution in [0.4, 0.5) is 0 Å². The summed E-state index contributed by atoms with van der Waals surface area (Å²) in [5.74, 6) is 0.666. The first-order valence-corrected chi connectivity index (χ1v) is 6.35. The van der Waals surface area contributed by atoms with Gasteiger partial charge < -0.3 is 9.05 Å². The van der Waals surface area contributed by atoms with Crippen LogP contribution in [0.5, 0.6) is 11.5 Å². The quantitative estimate of drug-likeness (QED) is 0.836. The van der Waals surface area contributed by atoms with Crippen LogP contribution < -0.4 is 14.6 Å². The Morgan fingerprint density at radius 3 is 1.59 bits per heavy atom. The molecule has 2 rings (SSSR count). The van der Waals surface area contributed by atoms with Crippen molar-refractivity contribution in [2.75, 3.05) is 0 Å². The van der Waals surface area contributed by atoms with E-state index < -0.39 is 7.75 Å². The Balaban J connectivity index is 2.07. The van der Waals surface area contributed by atoms with E-state index in [2.05, 4.69) is 9.97 Å². The fourth-order valence-corrected chi connectivity index (χ4v) is 1.98. The normalized spacial score (nSPS) is 10.9. The first-order chi connectivity index (χ1) is 8.16. The van der Waals surface area contributed by atoms with Crippen molar-refractivity contribution in [3.8, 4) is 11.5 Å². The average molecular weight is 251 g/mol. The van der Waals surface area contributed by atoms with Gasteiger partial charge in [0, 0.05) is 24.8 Å². The Morgan fingerprint density at radius 1 is 0.882 bits per heavy atom. The summed E-state index contributed by atoms with van der Waals surface area (Å²) in [5, 5.41) is 0. The van der Waals surface area contributed by atoms with E-state index in [1.54, 1.807) is 0 Å². The maximum atomic E-state index is 11.8. The first kappa shape index (κ1) is 11.6. The fraction of sp³-hybridized carbons (Fsp3) is 0. The minimum atomic E-state index is -3.69. The highest BCUT2D eigenvalue weighted by molar-refractivity contribution is 7.52. The van der Waals surface area contributed by atoms with Crippen molar-refractivity contribution < 1.29 is 13.6 Å². The second kappa shape index (κ2) is 4.95. The van der Waals surface area contributed by atoms with E-state index >= 15 is 0 Å². The number of nitrogens with zero attached hydrogens (tertiary/aromatic N) is 2. The summed E-state index contributed by atoms with van der Waals surface area (Å²) in [6.07, 6.45) is 6.01. The molecule has 2 aromatic rings. The van der Waals surface area contributed by atoms with Gasteiger partial charge in [-0.3, -0.25) is 9.97 Å². The van der Waals surface area contributed by atoms with E-state index in [1.807, 2.05) is 0 Å². The number of aromatic nitrogens is 2. The van der Waals surface area contributed by atoms with Crippen LogP contribution in [0.1, 0.15) is 0 Å². The highest BCUT2D eigenvalue weighted by Crippen LogP contribution is 2.40. The van der Waals surface area contributed by atoms with Crippen LogP contribution in [-0.4, -0.2) is 9.97 Å². The Hall–Kier alpha value is -1.91. The molecule has 0 saturated heterocycles. The van der Waals surface area contributed by atoms with Gasteiger partial charge in [0.15, 0.2) is 0 Å². The highest BCUT2D eigenvalue weighted by Gasteiger charge is 2.21. The van der Waals surface area contributed by atoms with E-state index in [-0.39, 0.29) is 0 Å². The van der Waals surface area contributed by atoms with Crippen LogP contribution in [-0.2, 0) is 4.57 Å². The number of hydrogen-bond donors (Lipinski definition) is 1. The van der Waals surface area contributed by atoms with Gasteiger partial charge >= 0.3 is 7.75 Å². The van der Waals surface area contributed by atoms with Crippen LogP contribution in [0.25, 0.3) is 0 Å². The summed E-state index contributed by atoms with van der Waals surface area (Å²) in [6.45, 7) is 0. The summed E-state index contributed by atoms with van der Waals surface area (Å²) in [6, 6.07) is 6.15. The number of nitrogens with two attached hydrogens (primary N) is 1. The first-order valence-electron chi connectivity index (χ1n) is 4.73. The third kappa shape index (κ3) is 3.55. The molecule has 2 heterocycles. The predicted octanol–water partition coefficient (Wildman–Crippen LogP) is 2.00. The smallest absolute Gasteiger partial charge is 0.405 e. The molecule has 17 heavy (non-hydrogen) atoms. The standard InChI is InChI=1S/C10H10N3O3P/c11-17(14,15-9-1-5-12-6-2-9)16-10-3-7-13-8-4-10/h1-8H,(H2,11,14).